The number of para-hydroxylation sites is 2. The molecule has 4 nitrogen and oxygen atoms in total. The van der Waals surface area contributed by atoms with Crippen LogP contribution in [0.4, 0.5) is 11.4 Å². The van der Waals surface area contributed by atoms with E-state index in [0.717, 1.165) is 22.7 Å². The first-order chi connectivity index (χ1) is 10.2. The molecule has 0 aliphatic rings. The van der Waals surface area contributed by atoms with Gasteiger partial charge in [-0.2, -0.15) is 0 Å². The number of hydrogen-bond acceptors (Lipinski definition) is 3. The van der Waals surface area contributed by atoms with Gasteiger partial charge in [-0.3, -0.25) is 4.79 Å². The predicted molar refractivity (Wildman–Crippen MR) is 85.7 cm³/mol. The highest BCUT2D eigenvalue weighted by molar-refractivity contribution is 5.88. The molecular formula is C17H20N2O2. The molecule has 2 rings (SSSR count). The van der Waals surface area contributed by atoms with Crippen LogP contribution in [0.2, 0.25) is 0 Å². The number of carbonyl (C=O) groups is 1. The molecule has 0 aliphatic heterocycles. The van der Waals surface area contributed by atoms with E-state index in [2.05, 4.69) is 10.6 Å². The smallest absolute Gasteiger partial charge is 0.221 e. The molecule has 21 heavy (non-hydrogen) atoms. The second-order valence-electron chi connectivity index (χ2n) is 4.66. The Labute approximate surface area is 125 Å². The number of hydrogen-bond donors (Lipinski definition) is 2. The zero-order valence-electron chi connectivity index (χ0n) is 12.3. The average Bonchev–Trinajstić information content (AvgIpc) is 2.48. The standard InChI is InChI=1S/C17H20N2O2/c1-3-21-17-7-5-4-6-16(17)18-12-14-8-10-15(11-9-14)19-13(2)20/h4-11,18H,3,12H2,1-2H3,(H,19,20). The number of anilines is 2. The SMILES string of the molecule is CCOc1ccccc1NCc1ccc(NC(C)=O)cc1. The summed E-state index contributed by atoms with van der Waals surface area (Å²) < 4.78 is 5.58. The minimum Gasteiger partial charge on any atom is -0.492 e. The van der Waals surface area contributed by atoms with Crippen molar-refractivity contribution in [2.45, 2.75) is 20.4 Å². The van der Waals surface area contributed by atoms with E-state index in [1.165, 1.54) is 6.92 Å². The Morgan fingerprint density at radius 3 is 2.48 bits per heavy atom. The molecule has 0 unspecified atom stereocenters. The van der Waals surface area contributed by atoms with Gasteiger partial charge in [0.15, 0.2) is 0 Å². The highest BCUT2D eigenvalue weighted by Gasteiger charge is 2.02. The lowest BCUT2D eigenvalue weighted by atomic mass is 10.2. The molecule has 4 heteroatoms. The molecule has 2 aromatic rings. The summed E-state index contributed by atoms with van der Waals surface area (Å²) in [6.07, 6.45) is 0. The van der Waals surface area contributed by atoms with Crippen molar-refractivity contribution in [2.75, 3.05) is 17.2 Å². The molecule has 0 fully saturated rings. The molecule has 0 spiro atoms. The van der Waals surface area contributed by atoms with Crippen molar-refractivity contribution in [2.24, 2.45) is 0 Å². The molecule has 0 saturated carbocycles. The fourth-order valence-electron chi connectivity index (χ4n) is 2.00. The summed E-state index contributed by atoms with van der Waals surface area (Å²) in [5.74, 6) is 0.793. The van der Waals surface area contributed by atoms with Gasteiger partial charge in [-0.05, 0) is 36.8 Å². The number of benzene rings is 2. The number of ether oxygens (including phenoxy) is 1. The molecule has 0 aromatic heterocycles. The van der Waals surface area contributed by atoms with E-state index in [1.807, 2.05) is 55.5 Å². The Hall–Kier alpha value is -2.49. The summed E-state index contributed by atoms with van der Waals surface area (Å²) in [5, 5.41) is 6.11. The summed E-state index contributed by atoms with van der Waals surface area (Å²) in [7, 11) is 0. The fourth-order valence-corrected chi connectivity index (χ4v) is 2.00. The highest BCUT2D eigenvalue weighted by atomic mass is 16.5. The molecule has 0 saturated heterocycles. The maximum atomic E-state index is 11.0. The predicted octanol–water partition coefficient (Wildman–Crippen LogP) is 3.66. The van der Waals surface area contributed by atoms with Crippen molar-refractivity contribution in [1.82, 2.24) is 0 Å². The third-order valence-electron chi connectivity index (χ3n) is 2.94. The van der Waals surface area contributed by atoms with Crippen molar-refractivity contribution in [3.05, 3.63) is 54.1 Å². The summed E-state index contributed by atoms with van der Waals surface area (Å²) in [4.78, 5) is 11.0. The molecule has 2 N–H and O–H groups in total. The second kappa shape index (κ2) is 7.33. The van der Waals surface area contributed by atoms with Gasteiger partial charge in [-0.1, -0.05) is 24.3 Å². The molecule has 0 aliphatic carbocycles. The first-order valence-corrected chi connectivity index (χ1v) is 7.01. The Balaban J connectivity index is 1.98. The third kappa shape index (κ3) is 4.53. The monoisotopic (exact) mass is 284 g/mol. The van der Waals surface area contributed by atoms with Crippen LogP contribution < -0.4 is 15.4 Å². The molecule has 1 amide bonds. The quantitative estimate of drug-likeness (QED) is 0.851. The lowest BCUT2D eigenvalue weighted by Gasteiger charge is -2.12. The zero-order valence-corrected chi connectivity index (χ0v) is 12.3. The minimum atomic E-state index is -0.0634. The highest BCUT2D eigenvalue weighted by Crippen LogP contribution is 2.24. The average molecular weight is 284 g/mol. The van der Waals surface area contributed by atoms with Crippen LogP contribution in [-0.4, -0.2) is 12.5 Å². The van der Waals surface area contributed by atoms with Gasteiger partial charge in [-0.25, -0.2) is 0 Å². The largest absolute Gasteiger partial charge is 0.492 e. The first-order valence-electron chi connectivity index (χ1n) is 7.01. The van der Waals surface area contributed by atoms with Crippen LogP contribution in [0.1, 0.15) is 19.4 Å². The van der Waals surface area contributed by atoms with Crippen LogP contribution in [-0.2, 0) is 11.3 Å². The molecular weight excluding hydrogens is 264 g/mol. The van der Waals surface area contributed by atoms with Crippen molar-refractivity contribution in [1.29, 1.82) is 0 Å². The van der Waals surface area contributed by atoms with E-state index in [0.29, 0.717) is 13.2 Å². The number of rotatable bonds is 6. The summed E-state index contributed by atoms with van der Waals surface area (Å²) >= 11 is 0. The van der Waals surface area contributed by atoms with Gasteiger partial charge in [0.05, 0.1) is 12.3 Å². The molecule has 0 heterocycles. The molecule has 2 aromatic carbocycles. The van der Waals surface area contributed by atoms with E-state index >= 15 is 0 Å². The van der Waals surface area contributed by atoms with E-state index in [9.17, 15) is 4.79 Å². The van der Waals surface area contributed by atoms with Crippen molar-refractivity contribution >= 4 is 17.3 Å². The van der Waals surface area contributed by atoms with E-state index < -0.39 is 0 Å². The van der Waals surface area contributed by atoms with E-state index in [1.54, 1.807) is 0 Å². The first kappa shape index (κ1) is 14.9. The van der Waals surface area contributed by atoms with Crippen LogP contribution in [0.25, 0.3) is 0 Å². The maximum Gasteiger partial charge on any atom is 0.221 e. The Bertz CT molecular complexity index is 594. The lowest BCUT2D eigenvalue weighted by molar-refractivity contribution is -0.114. The van der Waals surface area contributed by atoms with Gasteiger partial charge in [0.2, 0.25) is 5.91 Å². The van der Waals surface area contributed by atoms with Crippen molar-refractivity contribution < 1.29 is 9.53 Å². The molecule has 0 atom stereocenters. The number of nitrogens with one attached hydrogen (secondary N) is 2. The van der Waals surface area contributed by atoms with Crippen LogP contribution in [0, 0.1) is 0 Å². The summed E-state index contributed by atoms with van der Waals surface area (Å²) in [5.41, 5.74) is 2.92. The van der Waals surface area contributed by atoms with Crippen LogP contribution in [0.3, 0.4) is 0 Å². The van der Waals surface area contributed by atoms with Gasteiger partial charge in [0.25, 0.3) is 0 Å². The zero-order chi connectivity index (χ0) is 15.1. The van der Waals surface area contributed by atoms with Crippen LogP contribution >= 0.6 is 0 Å². The minimum absolute atomic E-state index is 0.0634. The van der Waals surface area contributed by atoms with Crippen LogP contribution in [0.5, 0.6) is 5.75 Å². The lowest BCUT2D eigenvalue weighted by Crippen LogP contribution is -2.06. The van der Waals surface area contributed by atoms with Crippen molar-refractivity contribution in [3.63, 3.8) is 0 Å². The van der Waals surface area contributed by atoms with E-state index in [4.69, 9.17) is 4.74 Å². The van der Waals surface area contributed by atoms with Gasteiger partial charge >= 0.3 is 0 Å². The Morgan fingerprint density at radius 2 is 1.81 bits per heavy atom. The summed E-state index contributed by atoms with van der Waals surface area (Å²) in [6, 6.07) is 15.6. The number of amides is 1. The third-order valence-corrected chi connectivity index (χ3v) is 2.94. The normalized spacial score (nSPS) is 10.0. The summed E-state index contributed by atoms with van der Waals surface area (Å²) in [6.45, 7) is 4.81. The van der Waals surface area contributed by atoms with Crippen LogP contribution in [0.15, 0.2) is 48.5 Å². The van der Waals surface area contributed by atoms with Gasteiger partial charge < -0.3 is 15.4 Å². The van der Waals surface area contributed by atoms with Gasteiger partial charge in [0.1, 0.15) is 5.75 Å². The molecule has 0 bridgehead atoms. The van der Waals surface area contributed by atoms with Gasteiger partial charge in [0, 0.05) is 19.2 Å². The van der Waals surface area contributed by atoms with Crippen molar-refractivity contribution in [3.8, 4) is 5.75 Å². The topological polar surface area (TPSA) is 50.4 Å². The number of carbonyl (C=O) groups excluding carboxylic acids is 1. The van der Waals surface area contributed by atoms with Gasteiger partial charge in [-0.15, -0.1) is 0 Å². The van der Waals surface area contributed by atoms with E-state index in [-0.39, 0.29) is 5.91 Å². The Kier molecular flexibility index (Phi) is 5.21. The molecule has 0 radical (unpaired) electrons. The fraction of sp³-hybridized carbons (Fsp3) is 0.235. The second-order valence-corrected chi connectivity index (χ2v) is 4.66. The Morgan fingerprint density at radius 1 is 1.10 bits per heavy atom. The molecule has 110 valence electrons. The maximum absolute atomic E-state index is 11.0.